The number of hydrogen-bond donors (Lipinski definition) is 2. The summed E-state index contributed by atoms with van der Waals surface area (Å²) in [6.07, 6.45) is 4.43. The number of rotatable bonds is 4. The number of nitrogens with two attached hydrogens (primary N) is 1. The average molecular weight is 317 g/mol. The van der Waals surface area contributed by atoms with Gasteiger partial charge in [-0.3, -0.25) is 4.79 Å². The molecule has 5 nitrogen and oxygen atoms in total. The van der Waals surface area contributed by atoms with Crippen molar-refractivity contribution in [1.29, 1.82) is 0 Å². The Hall–Kier alpha value is -1.75. The highest BCUT2D eigenvalue weighted by Gasteiger charge is 2.35. The van der Waals surface area contributed by atoms with Gasteiger partial charge in [0.1, 0.15) is 5.75 Å². The molecular weight excluding hydrogens is 290 g/mol. The number of fused-ring (bicyclic) bond motifs is 1. The third-order valence-electron chi connectivity index (χ3n) is 4.98. The minimum absolute atomic E-state index is 0.0415. The van der Waals surface area contributed by atoms with E-state index in [0.717, 1.165) is 36.8 Å². The van der Waals surface area contributed by atoms with Gasteiger partial charge in [-0.2, -0.15) is 0 Å². The normalized spacial score (nSPS) is 24.2. The number of nitrogens with one attached hydrogen (secondary N) is 1. The number of nitrogens with zero attached hydrogens (tertiary/aromatic N) is 1. The van der Waals surface area contributed by atoms with Crippen molar-refractivity contribution in [3.8, 4) is 5.75 Å². The summed E-state index contributed by atoms with van der Waals surface area (Å²) in [4.78, 5) is 14.8. The Kier molecular flexibility index (Phi) is 4.48. The molecule has 0 aromatic heterocycles. The Balaban J connectivity index is 1.77. The molecule has 1 saturated carbocycles. The fourth-order valence-corrected chi connectivity index (χ4v) is 3.71. The van der Waals surface area contributed by atoms with E-state index in [4.69, 9.17) is 10.5 Å². The lowest BCUT2D eigenvalue weighted by Gasteiger charge is -2.34. The summed E-state index contributed by atoms with van der Waals surface area (Å²) in [6.45, 7) is 4.59. The van der Waals surface area contributed by atoms with Gasteiger partial charge in [0.2, 0.25) is 0 Å². The van der Waals surface area contributed by atoms with Crippen molar-refractivity contribution in [2.24, 2.45) is 0 Å². The van der Waals surface area contributed by atoms with Crippen LogP contribution < -0.4 is 15.8 Å². The van der Waals surface area contributed by atoms with E-state index in [1.165, 1.54) is 0 Å². The molecule has 0 radical (unpaired) electrons. The topological polar surface area (TPSA) is 67.6 Å². The first-order valence-corrected chi connectivity index (χ1v) is 8.57. The van der Waals surface area contributed by atoms with E-state index in [1.807, 2.05) is 37.9 Å². The van der Waals surface area contributed by atoms with E-state index in [2.05, 4.69) is 5.32 Å². The van der Waals surface area contributed by atoms with Crippen molar-refractivity contribution in [1.82, 2.24) is 10.2 Å². The van der Waals surface area contributed by atoms with Crippen LogP contribution in [0.15, 0.2) is 12.1 Å². The maximum absolute atomic E-state index is 12.8. The summed E-state index contributed by atoms with van der Waals surface area (Å²) >= 11 is 0. The molecule has 0 atom stereocenters. The average Bonchev–Trinajstić information content (AvgIpc) is 2.84. The van der Waals surface area contributed by atoms with Crippen molar-refractivity contribution >= 4 is 11.6 Å². The zero-order valence-corrected chi connectivity index (χ0v) is 14.3. The van der Waals surface area contributed by atoms with Gasteiger partial charge in [0, 0.05) is 24.2 Å². The van der Waals surface area contributed by atoms with Crippen LogP contribution in [-0.4, -0.2) is 36.0 Å². The number of anilines is 1. The van der Waals surface area contributed by atoms with Gasteiger partial charge < -0.3 is 20.7 Å². The predicted octanol–water partition coefficient (Wildman–Crippen LogP) is 2.54. The summed E-state index contributed by atoms with van der Waals surface area (Å²) in [5.41, 5.74) is 8.48. The summed E-state index contributed by atoms with van der Waals surface area (Å²) < 4.78 is 5.72. The van der Waals surface area contributed by atoms with Gasteiger partial charge in [0.25, 0.3) is 5.91 Å². The lowest BCUT2D eigenvalue weighted by atomic mass is 9.90. The van der Waals surface area contributed by atoms with Gasteiger partial charge in [-0.25, -0.2) is 0 Å². The van der Waals surface area contributed by atoms with Crippen LogP contribution in [0.4, 0.5) is 5.69 Å². The molecule has 1 aromatic carbocycles. The van der Waals surface area contributed by atoms with Crippen molar-refractivity contribution in [3.05, 3.63) is 23.3 Å². The van der Waals surface area contributed by atoms with E-state index >= 15 is 0 Å². The van der Waals surface area contributed by atoms with Gasteiger partial charge in [-0.1, -0.05) is 0 Å². The van der Waals surface area contributed by atoms with Crippen molar-refractivity contribution in [3.63, 3.8) is 0 Å². The number of nitrogen functional groups attached to an aromatic ring is 1. The number of hydrogen-bond acceptors (Lipinski definition) is 4. The molecule has 1 heterocycles. The van der Waals surface area contributed by atoms with Crippen LogP contribution in [-0.2, 0) is 6.54 Å². The molecule has 3 rings (SSSR count). The smallest absolute Gasteiger partial charge is 0.254 e. The number of benzene rings is 1. The highest BCUT2D eigenvalue weighted by molar-refractivity contribution is 5.99. The van der Waals surface area contributed by atoms with Crippen molar-refractivity contribution in [2.45, 2.75) is 64.3 Å². The van der Waals surface area contributed by atoms with Crippen LogP contribution in [0.5, 0.6) is 5.75 Å². The second-order valence-electron chi connectivity index (χ2n) is 6.94. The summed E-state index contributed by atoms with van der Waals surface area (Å²) in [5.74, 6) is 0.745. The van der Waals surface area contributed by atoms with E-state index in [1.54, 1.807) is 0 Å². The Morgan fingerprint density at radius 1 is 1.26 bits per heavy atom. The van der Waals surface area contributed by atoms with Crippen LogP contribution >= 0.6 is 0 Å². The number of carbonyl (C=O) groups excluding carboxylic acids is 1. The van der Waals surface area contributed by atoms with Gasteiger partial charge in [-0.15, -0.1) is 0 Å². The molecule has 3 N–H and O–H groups in total. The maximum Gasteiger partial charge on any atom is 0.254 e. The molecule has 0 spiro atoms. The third-order valence-corrected chi connectivity index (χ3v) is 4.98. The molecular formula is C18H27N3O2. The second-order valence-corrected chi connectivity index (χ2v) is 6.94. The standard InChI is InChI=1S/C18H27N3O2/c1-11(2)23-17-9-15-12(8-16(17)19)10-21(18(15)22)14-6-4-13(20-3)5-7-14/h8-9,11,13-14,20H,4-7,10,19H2,1-3H3. The molecule has 5 heteroatoms. The lowest BCUT2D eigenvalue weighted by Crippen LogP contribution is -2.41. The summed E-state index contributed by atoms with van der Waals surface area (Å²) in [6, 6.07) is 4.67. The van der Waals surface area contributed by atoms with Crippen LogP contribution in [0.3, 0.4) is 0 Å². The van der Waals surface area contributed by atoms with E-state index in [9.17, 15) is 4.79 Å². The molecule has 1 aromatic rings. The highest BCUT2D eigenvalue weighted by Crippen LogP contribution is 2.35. The first kappa shape index (κ1) is 16.1. The Bertz CT molecular complexity index is 592. The molecule has 1 amide bonds. The molecule has 1 fully saturated rings. The number of ether oxygens (including phenoxy) is 1. The Morgan fingerprint density at radius 3 is 2.57 bits per heavy atom. The lowest BCUT2D eigenvalue weighted by molar-refractivity contribution is 0.0647. The van der Waals surface area contributed by atoms with E-state index in [-0.39, 0.29) is 12.0 Å². The zero-order chi connectivity index (χ0) is 16.6. The molecule has 23 heavy (non-hydrogen) atoms. The minimum Gasteiger partial charge on any atom is -0.489 e. The third kappa shape index (κ3) is 3.15. The van der Waals surface area contributed by atoms with Crippen molar-refractivity contribution < 1.29 is 9.53 Å². The second kappa shape index (κ2) is 6.40. The van der Waals surface area contributed by atoms with Crippen LogP contribution in [0, 0.1) is 0 Å². The fraction of sp³-hybridized carbons (Fsp3) is 0.611. The first-order valence-electron chi connectivity index (χ1n) is 8.57. The number of amides is 1. The molecule has 0 saturated heterocycles. The monoisotopic (exact) mass is 317 g/mol. The first-order chi connectivity index (χ1) is 11.0. The summed E-state index contributed by atoms with van der Waals surface area (Å²) in [7, 11) is 2.01. The molecule has 1 aliphatic carbocycles. The SMILES string of the molecule is CNC1CCC(N2Cc3cc(N)c(OC(C)C)cc3C2=O)CC1. The quantitative estimate of drug-likeness (QED) is 0.838. The summed E-state index contributed by atoms with van der Waals surface area (Å²) in [5, 5.41) is 3.34. The molecule has 2 aliphatic rings. The van der Waals surface area contributed by atoms with Gasteiger partial charge in [-0.05, 0) is 64.3 Å². The Labute approximate surface area is 138 Å². The molecule has 0 bridgehead atoms. The molecule has 1 aliphatic heterocycles. The maximum atomic E-state index is 12.8. The minimum atomic E-state index is 0.0415. The zero-order valence-electron chi connectivity index (χ0n) is 14.3. The van der Waals surface area contributed by atoms with Gasteiger partial charge in [0.05, 0.1) is 11.8 Å². The van der Waals surface area contributed by atoms with E-state index in [0.29, 0.717) is 30.1 Å². The highest BCUT2D eigenvalue weighted by atomic mass is 16.5. The number of carbonyl (C=O) groups is 1. The largest absolute Gasteiger partial charge is 0.489 e. The van der Waals surface area contributed by atoms with Gasteiger partial charge in [0.15, 0.2) is 0 Å². The van der Waals surface area contributed by atoms with Gasteiger partial charge >= 0.3 is 0 Å². The van der Waals surface area contributed by atoms with Crippen LogP contribution in [0.25, 0.3) is 0 Å². The fourth-order valence-electron chi connectivity index (χ4n) is 3.71. The molecule has 126 valence electrons. The molecule has 0 unspecified atom stereocenters. The predicted molar refractivity (Wildman–Crippen MR) is 91.6 cm³/mol. The Morgan fingerprint density at radius 2 is 1.96 bits per heavy atom. The van der Waals surface area contributed by atoms with Crippen molar-refractivity contribution in [2.75, 3.05) is 12.8 Å². The van der Waals surface area contributed by atoms with Crippen LogP contribution in [0.1, 0.15) is 55.5 Å². The van der Waals surface area contributed by atoms with E-state index < -0.39 is 0 Å². The van der Waals surface area contributed by atoms with Crippen LogP contribution in [0.2, 0.25) is 0 Å².